The molecule has 0 radical (unpaired) electrons. The van der Waals surface area contributed by atoms with Gasteiger partial charge in [-0.1, -0.05) is 18.2 Å². The first-order chi connectivity index (χ1) is 11.3. The van der Waals surface area contributed by atoms with Crippen LogP contribution in [0, 0.1) is 23.6 Å². The van der Waals surface area contributed by atoms with Gasteiger partial charge in [0.15, 0.2) is 0 Å². The third-order valence-electron chi connectivity index (χ3n) is 6.23. The van der Waals surface area contributed by atoms with Crippen molar-refractivity contribution in [3.05, 3.63) is 48.1 Å². The lowest BCUT2D eigenvalue weighted by atomic mass is 9.68. The first kappa shape index (κ1) is 16.7. The van der Waals surface area contributed by atoms with Crippen LogP contribution < -0.4 is 0 Å². The average Bonchev–Trinajstić information content (AvgIpc) is 2.61. The van der Waals surface area contributed by atoms with Crippen molar-refractivity contribution in [2.75, 3.05) is 0 Å². The second-order valence-electron chi connectivity index (χ2n) is 7.54. The second kappa shape index (κ2) is 8.08. The van der Waals surface area contributed by atoms with Crippen LogP contribution in [-0.2, 0) is 0 Å². The summed E-state index contributed by atoms with van der Waals surface area (Å²) >= 11 is 0. The van der Waals surface area contributed by atoms with Crippen LogP contribution in [0.25, 0.3) is 0 Å². The normalized spacial score (nSPS) is 32.3. The number of halogens is 2. The number of benzene rings is 1. The van der Waals surface area contributed by atoms with Gasteiger partial charge in [-0.2, -0.15) is 0 Å². The molecule has 2 fully saturated rings. The van der Waals surface area contributed by atoms with Gasteiger partial charge in [0.2, 0.25) is 0 Å². The minimum absolute atomic E-state index is 0.137. The van der Waals surface area contributed by atoms with Crippen LogP contribution in [-0.4, -0.2) is 0 Å². The minimum atomic E-state index is -0.137. The van der Waals surface area contributed by atoms with Crippen LogP contribution >= 0.6 is 0 Å². The highest BCUT2D eigenvalue weighted by molar-refractivity contribution is 5.20. The summed E-state index contributed by atoms with van der Waals surface area (Å²) in [6.07, 6.45) is 13.6. The molecule has 0 atom stereocenters. The number of allylic oxidation sites excluding steroid dienone is 1. The Morgan fingerprint density at radius 2 is 1.39 bits per heavy atom. The van der Waals surface area contributed by atoms with E-state index in [1.807, 2.05) is 12.1 Å². The highest BCUT2D eigenvalue weighted by Crippen LogP contribution is 2.44. The van der Waals surface area contributed by atoms with E-state index >= 15 is 0 Å². The van der Waals surface area contributed by atoms with Gasteiger partial charge in [0.05, 0.1) is 6.33 Å². The van der Waals surface area contributed by atoms with Gasteiger partial charge in [0, 0.05) is 0 Å². The molecule has 2 saturated carbocycles. The molecule has 0 saturated heterocycles. The maximum absolute atomic E-state index is 13.0. The molecule has 0 unspecified atom stereocenters. The Kier molecular flexibility index (Phi) is 5.85. The van der Waals surface area contributed by atoms with Gasteiger partial charge in [0.25, 0.3) is 0 Å². The van der Waals surface area contributed by atoms with Crippen molar-refractivity contribution in [1.82, 2.24) is 0 Å². The first-order valence-electron chi connectivity index (χ1n) is 9.27. The van der Waals surface area contributed by atoms with Crippen molar-refractivity contribution >= 4 is 0 Å². The quantitative estimate of drug-likeness (QED) is 0.574. The summed E-state index contributed by atoms with van der Waals surface area (Å²) in [5, 5.41) is 0. The van der Waals surface area contributed by atoms with E-state index in [1.54, 1.807) is 18.2 Å². The SMILES string of the molecule is F/C=C/C[C@H]1CC[C@H](C2CCC(c3ccc(F)cc3)CC2)CC1. The molecular formula is C21H28F2. The summed E-state index contributed by atoms with van der Waals surface area (Å²) in [7, 11) is 0. The van der Waals surface area contributed by atoms with Crippen LogP contribution in [0.5, 0.6) is 0 Å². The Labute approximate surface area is 139 Å². The molecule has 2 aliphatic rings. The molecule has 2 aliphatic carbocycles. The summed E-state index contributed by atoms with van der Waals surface area (Å²) in [6.45, 7) is 0. The lowest BCUT2D eigenvalue weighted by Crippen LogP contribution is -2.25. The molecule has 0 nitrogen and oxygen atoms in total. The molecular weight excluding hydrogens is 290 g/mol. The van der Waals surface area contributed by atoms with Gasteiger partial charge >= 0.3 is 0 Å². The van der Waals surface area contributed by atoms with Crippen molar-refractivity contribution in [2.45, 2.75) is 63.7 Å². The van der Waals surface area contributed by atoms with Crippen LogP contribution in [0.3, 0.4) is 0 Å². The van der Waals surface area contributed by atoms with E-state index in [9.17, 15) is 8.78 Å². The van der Waals surface area contributed by atoms with Crippen molar-refractivity contribution < 1.29 is 8.78 Å². The van der Waals surface area contributed by atoms with Gasteiger partial charge in [-0.15, -0.1) is 0 Å². The minimum Gasteiger partial charge on any atom is -0.216 e. The fourth-order valence-electron chi connectivity index (χ4n) is 4.80. The molecule has 3 rings (SSSR count). The summed E-state index contributed by atoms with van der Waals surface area (Å²) in [5.74, 6) is 2.95. The van der Waals surface area contributed by atoms with E-state index in [1.165, 1.54) is 56.9 Å². The maximum atomic E-state index is 13.0. The van der Waals surface area contributed by atoms with Crippen molar-refractivity contribution in [2.24, 2.45) is 17.8 Å². The number of hydrogen-bond acceptors (Lipinski definition) is 0. The molecule has 0 aliphatic heterocycles. The van der Waals surface area contributed by atoms with E-state index in [0.29, 0.717) is 18.2 Å². The van der Waals surface area contributed by atoms with E-state index < -0.39 is 0 Å². The topological polar surface area (TPSA) is 0 Å². The molecule has 0 spiro atoms. The molecule has 0 aromatic heterocycles. The van der Waals surface area contributed by atoms with Crippen LogP contribution in [0.1, 0.15) is 69.3 Å². The first-order valence-corrected chi connectivity index (χ1v) is 9.27. The lowest BCUT2D eigenvalue weighted by molar-refractivity contribution is 0.160. The molecule has 0 heterocycles. The zero-order valence-corrected chi connectivity index (χ0v) is 13.9. The monoisotopic (exact) mass is 318 g/mol. The number of rotatable bonds is 4. The predicted molar refractivity (Wildman–Crippen MR) is 91.4 cm³/mol. The molecule has 126 valence electrons. The zero-order valence-electron chi connectivity index (χ0n) is 13.9. The Balaban J connectivity index is 1.45. The average molecular weight is 318 g/mol. The fourth-order valence-corrected chi connectivity index (χ4v) is 4.80. The molecule has 0 amide bonds. The summed E-state index contributed by atoms with van der Waals surface area (Å²) in [6, 6.07) is 7.11. The van der Waals surface area contributed by atoms with Crippen molar-refractivity contribution in [1.29, 1.82) is 0 Å². The van der Waals surface area contributed by atoms with Crippen LogP contribution in [0.4, 0.5) is 8.78 Å². The predicted octanol–water partition coefficient (Wildman–Crippen LogP) is 6.78. The Bertz CT molecular complexity index is 489. The van der Waals surface area contributed by atoms with E-state index in [4.69, 9.17) is 0 Å². The Morgan fingerprint density at radius 3 is 1.96 bits per heavy atom. The third-order valence-corrected chi connectivity index (χ3v) is 6.23. The van der Waals surface area contributed by atoms with E-state index in [-0.39, 0.29) is 5.82 Å². The van der Waals surface area contributed by atoms with Crippen molar-refractivity contribution in [3.8, 4) is 0 Å². The summed E-state index contributed by atoms with van der Waals surface area (Å²) in [5.41, 5.74) is 1.31. The number of hydrogen-bond donors (Lipinski definition) is 0. The standard InChI is InChI=1S/C21H28F2/c22-15-1-2-16-3-5-17(6-4-16)18-7-9-19(10-8-18)20-11-13-21(23)14-12-20/h1,11-19H,2-10H2/b15-1+/t16-,17-,18?,19?. The smallest absolute Gasteiger partial charge is 0.123 e. The van der Waals surface area contributed by atoms with Crippen molar-refractivity contribution in [3.63, 3.8) is 0 Å². The highest BCUT2D eigenvalue weighted by Gasteiger charge is 2.30. The van der Waals surface area contributed by atoms with E-state index in [0.717, 1.165) is 18.3 Å². The fraction of sp³-hybridized carbons (Fsp3) is 0.619. The summed E-state index contributed by atoms with van der Waals surface area (Å²) in [4.78, 5) is 0. The molecule has 0 bridgehead atoms. The molecule has 1 aromatic carbocycles. The highest BCUT2D eigenvalue weighted by atomic mass is 19.1. The van der Waals surface area contributed by atoms with Gasteiger partial charge < -0.3 is 0 Å². The molecule has 1 aromatic rings. The van der Waals surface area contributed by atoms with Crippen LogP contribution in [0.15, 0.2) is 36.7 Å². The maximum Gasteiger partial charge on any atom is 0.123 e. The summed E-state index contributed by atoms with van der Waals surface area (Å²) < 4.78 is 25.2. The molecule has 23 heavy (non-hydrogen) atoms. The third kappa shape index (κ3) is 4.43. The Morgan fingerprint density at radius 1 is 0.826 bits per heavy atom. The van der Waals surface area contributed by atoms with Crippen LogP contribution in [0.2, 0.25) is 0 Å². The molecule has 2 heteroatoms. The lowest BCUT2D eigenvalue weighted by Gasteiger charge is -2.38. The second-order valence-corrected chi connectivity index (χ2v) is 7.54. The van der Waals surface area contributed by atoms with Gasteiger partial charge in [0.1, 0.15) is 5.82 Å². The largest absolute Gasteiger partial charge is 0.216 e. The molecule has 0 N–H and O–H groups in total. The van der Waals surface area contributed by atoms with E-state index in [2.05, 4.69) is 0 Å². The Hall–Kier alpha value is -1.18. The van der Waals surface area contributed by atoms with Gasteiger partial charge in [-0.3, -0.25) is 0 Å². The zero-order chi connectivity index (χ0) is 16.1. The van der Waals surface area contributed by atoms with Gasteiger partial charge in [-0.05, 0) is 99.2 Å². The van der Waals surface area contributed by atoms with Gasteiger partial charge in [-0.25, -0.2) is 8.78 Å².